The van der Waals surface area contributed by atoms with Gasteiger partial charge in [0.25, 0.3) is 5.91 Å². The summed E-state index contributed by atoms with van der Waals surface area (Å²) in [5, 5.41) is 2.62. The van der Waals surface area contributed by atoms with Crippen molar-refractivity contribution in [2.45, 2.75) is 12.5 Å². The molecule has 2 saturated heterocycles. The van der Waals surface area contributed by atoms with Gasteiger partial charge in [-0.05, 0) is 31.7 Å². The monoisotopic (exact) mass is 348 g/mol. The summed E-state index contributed by atoms with van der Waals surface area (Å²) < 4.78 is 13.1. The van der Waals surface area contributed by atoms with Crippen molar-refractivity contribution in [3.8, 4) is 0 Å². The second kappa shape index (κ2) is 6.44. The quantitative estimate of drug-likeness (QED) is 0.801. The minimum Gasteiger partial charge on any atom is -0.339 e. The van der Waals surface area contributed by atoms with Crippen LogP contribution in [0.3, 0.4) is 0 Å². The van der Waals surface area contributed by atoms with Crippen LogP contribution >= 0.6 is 0 Å². The molecule has 7 nitrogen and oxygen atoms in total. The first-order chi connectivity index (χ1) is 11.8. The van der Waals surface area contributed by atoms with E-state index in [0.717, 1.165) is 18.0 Å². The van der Waals surface area contributed by atoms with E-state index in [1.54, 1.807) is 11.8 Å². The first kappa shape index (κ1) is 17.3. The van der Waals surface area contributed by atoms with Crippen LogP contribution in [0.1, 0.15) is 12.5 Å². The molecule has 2 aliphatic rings. The van der Waals surface area contributed by atoms with Gasteiger partial charge in [-0.2, -0.15) is 0 Å². The molecule has 1 aromatic carbocycles. The Hall–Kier alpha value is -2.48. The molecule has 0 radical (unpaired) electrons. The van der Waals surface area contributed by atoms with Crippen LogP contribution in [0.25, 0.3) is 0 Å². The minimum absolute atomic E-state index is 0.250. The van der Waals surface area contributed by atoms with Crippen molar-refractivity contribution >= 4 is 17.8 Å². The number of hydrogen-bond donors (Lipinski definition) is 1. The van der Waals surface area contributed by atoms with Gasteiger partial charge in [-0.1, -0.05) is 12.1 Å². The van der Waals surface area contributed by atoms with Crippen molar-refractivity contribution < 1.29 is 18.8 Å². The van der Waals surface area contributed by atoms with E-state index in [1.165, 1.54) is 24.3 Å². The van der Waals surface area contributed by atoms with E-state index in [0.29, 0.717) is 18.7 Å². The van der Waals surface area contributed by atoms with Gasteiger partial charge in [-0.3, -0.25) is 14.5 Å². The van der Waals surface area contributed by atoms with Gasteiger partial charge < -0.3 is 15.1 Å². The topological polar surface area (TPSA) is 73.0 Å². The number of benzene rings is 1. The fourth-order valence-corrected chi connectivity index (χ4v) is 3.11. The van der Waals surface area contributed by atoms with Crippen molar-refractivity contribution in [2.24, 2.45) is 0 Å². The Morgan fingerprint density at radius 1 is 1.16 bits per heavy atom. The molecule has 0 saturated carbocycles. The normalized spacial score (nSPS) is 24.6. The molecule has 1 aromatic rings. The summed E-state index contributed by atoms with van der Waals surface area (Å²) in [5.41, 5.74) is -0.825. The molecule has 1 unspecified atom stereocenters. The zero-order valence-corrected chi connectivity index (χ0v) is 14.3. The van der Waals surface area contributed by atoms with Crippen molar-refractivity contribution in [2.75, 3.05) is 39.8 Å². The molecule has 1 N–H and O–H groups in total. The maximum atomic E-state index is 13.1. The van der Waals surface area contributed by atoms with E-state index >= 15 is 0 Å². The van der Waals surface area contributed by atoms with Gasteiger partial charge in [0.1, 0.15) is 17.9 Å². The number of hydrogen-bond acceptors (Lipinski definition) is 4. The summed E-state index contributed by atoms with van der Waals surface area (Å²) in [4.78, 5) is 42.2. The number of carbonyl (C=O) groups is 3. The fourth-order valence-electron chi connectivity index (χ4n) is 3.11. The Bertz CT molecular complexity index is 700. The first-order valence-electron chi connectivity index (χ1n) is 8.18. The molecule has 0 aliphatic carbocycles. The van der Waals surface area contributed by atoms with Gasteiger partial charge in [-0.15, -0.1) is 0 Å². The van der Waals surface area contributed by atoms with Gasteiger partial charge in [0.15, 0.2) is 0 Å². The molecule has 1 atom stereocenters. The zero-order chi connectivity index (χ0) is 18.2. The first-order valence-corrected chi connectivity index (χ1v) is 8.18. The van der Waals surface area contributed by atoms with E-state index in [2.05, 4.69) is 10.2 Å². The molecule has 134 valence electrons. The third-order valence-corrected chi connectivity index (χ3v) is 4.85. The lowest BCUT2D eigenvalue weighted by molar-refractivity contribution is -0.139. The highest BCUT2D eigenvalue weighted by Crippen LogP contribution is 2.28. The number of nitrogens with zero attached hydrogens (tertiary/aromatic N) is 3. The van der Waals surface area contributed by atoms with Crippen molar-refractivity contribution in [1.29, 1.82) is 0 Å². The summed E-state index contributed by atoms with van der Waals surface area (Å²) in [5.74, 6) is -1.18. The van der Waals surface area contributed by atoms with Crippen LogP contribution in [0.4, 0.5) is 9.18 Å². The van der Waals surface area contributed by atoms with Crippen LogP contribution in [0.15, 0.2) is 24.3 Å². The molecule has 25 heavy (non-hydrogen) atoms. The van der Waals surface area contributed by atoms with Crippen LogP contribution < -0.4 is 5.32 Å². The molecular weight excluding hydrogens is 327 g/mol. The van der Waals surface area contributed by atoms with Gasteiger partial charge in [0, 0.05) is 26.2 Å². The SMILES string of the molecule is CN1CCN(C(=O)CN2C(=O)NC(C)(c3ccc(F)cc3)C2=O)CC1. The minimum atomic E-state index is -1.30. The Balaban J connectivity index is 1.73. The molecule has 0 aromatic heterocycles. The van der Waals surface area contributed by atoms with Crippen molar-refractivity contribution in [1.82, 2.24) is 20.0 Å². The summed E-state index contributed by atoms with van der Waals surface area (Å²) >= 11 is 0. The van der Waals surface area contributed by atoms with Crippen LogP contribution in [0, 0.1) is 5.82 Å². The number of rotatable bonds is 3. The lowest BCUT2D eigenvalue weighted by atomic mass is 9.92. The third kappa shape index (κ3) is 3.21. The highest BCUT2D eigenvalue weighted by Gasteiger charge is 2.49. The summed E-state index contributed by atoms with van der Waals surface area (Å²) in [7, 11) is 1.98. The summed E-state index contributed by atoms with van der Waals surface area (Å²) in [6, 6.07) is 4.77. The number of amides is 4. The average molecular weight is 348 g/mol. The lowest BCUT2D eigenvalue weighted by Gasteiger charge is -2.33. The van der Waals surface area contributed by atoms with Gasteiger partial charge in [0.2, 0.25) is 5.91 Å². The molecule has 8 heteroatoms. The summed E-state index contributed by atoms with van der Waals surface area (Å²) in [6.45, 7) is 3.95. The van der Waals surface area contributed by atoms with Crippen LogP contribution in [0.2, 0.25) is 0 Å². The third-order valence-electron chi connectivity index (χ3n) is 4.85. The highest BCUT2D eigenvalue weighted by atomic mass is 19.1. The number of nitrogens with one attached hydrogen (secondary N) is 1. The maximum absolute atomic E-state index is 13.1. The van der Waals surface area contributed by atoms with E-state index < -0.39 is 23.3 Å². The highest BCUT2D eigenvalue weighted by molar-refractivity contribution is 6.09. The largest absolute Gasteiger partial charge is 0.339 e. The number of carbonyl (C=O) groups excluding carboxylic acids is 3. The second-order valence-corrected chi connectivity index (χ2v) is 6.64. The molecule has 3 rings (SSSR count). The fraction of sp³-hybridized carbons (Fsp3) is 0.471. The zero-order valence-electron chi connectivity index (χ0n) is 14.3. The maximum Gasteiger partial charge on any atom is 0.325 e. The van der Waals surface area contributed by atoms with Crippen LogP contribution in [-0.2, 0) is 15.1 Å². The van der Waals surface area contributed by atoms with Crippen molar-refractivity contribution in [3.63, 3.8) is 0 Å². The van der Waals surface area contributed by atoms with E-state index in [9.17, 15) is 18.8 Å². The molecule has 0 bridgehead atoms. The van der Waals surface area contributed by atoms with E-state index in [4.69, 9.17) is 0 Å². The molecular formula is C17H21FN4O3. The number of urea groups is 1. The van der Waals surface area contributed by atoms with E-state index in [-0.39, 0.29) is 12.5 Å². The number of piperazine rings is 1. The standard InChI is InChI=1S/C17H21FN4O3/c1-17(12-3-5-13(18)6-4-12)15(24)22(16(25)19-17)11-14(23)21-9-7-20(2)8-10-21/h3-6H,7-11H2,1-2H3,(H,19,25). The Morgan fingerprint density at radius 2 is 1.76 bits per heavy atom. The molecule has 4 amide bonds. The van der Waals surface area contributed by atoms with Gasteiger partial charge in [0.05, 0.1) is 0 Å². The smallest absolute Gasteiger partial charge is 0.325 e. The van der Waals surface area contributed by atoms with Crippen LogP contribution in [-0.4, -0.2) is 72.3 Å². The summed E-state index contributed by atoms with van der Waals surface area (Å²) in [6.07, 6.45) is 0. The molecule has 2 heterocycles. The number of likely N-dealkylation sites (N-methyl/N-ethyl adjacent to an activating group) is 1. The second-order valence-electron chi connectivity index (χ2n) is 6.64. The predicted molar refractivity (Wildman–Crippen MR) is 88.1 cm³/mol. The Kier molecular flexibility index (Phi) is 4.47. The Labute approximate surface area is 145 Å². The number of imide groups is 1. The lowest BCUT2D eigenvalue weighted by Crippen LogP contribution is -2.51. The van der Waals surface area contributed by atoms with E-state index in [1.807, 2.05) is 7.05 Å². The molecule has 2 aliphatic heterocycles. The van der Waals surface area contributed by atoms with Crippen LogP contribution in [0.5, 0.6) is 0 Å². The van der Waals surface area contributed by atoms with Crippen molar-refractivity contribution in [3.05, 3.63) is 35.6 Å². The predicted octanol–water partition coefficient (Wildman–Crippen LogP) is 0.367. The molecule has 2 fully saturated rings. The van der Waals surface area contributed by atoms with Gasteiger partial charge >= 0.3 is 6.03 Å². The number of halogens is 1. The average Bonchev–Trinajstić information content (AvgIpc) is 2.80. The Morgan fingerprint density at radius 3 is 2.36 bits per heavy atom. The molecule has 0 spiro atoms. The van der Waals surface area contributed by atoms with Gasteiger partial charge in [-0.25, -0.2) is 9.18 Å².